The van der Waals surface area contributed by atoms with E-state index in [1.54, 1.807) is 16.0 Å². The maximum atomic E-state index is 12.3. The Morgan fingerprint density at radius 1 is 1.37 bits per heavy atom. The third-order valence-electron chi connectivity index (χ3n) is 3.99. The highest BCUT2D eigenvalue weighted by Crippen LogP contribution is 2.34. The summed E-state index contributed by atoms with van der Waals surface area (Å²) in [4.78, 5) is 13.5. The van der Waals surface area contributed by atoms with Gasteiger partial charge in [0.15, 0.2) is 11.5 Å². The minimum Gasteiger partial charge on any atom is -0.454 e. The minimum atomic E-state index is -0.144. The molecule has 0 saturated heterocycles. The highest BCUT2D eigenvalue weighted by atomic mass is 32.2. The molecular weight excluding hydrogens is 386 g/mol. The fourth-order valence-electron chi connectivity index (χ4n) is 2.63. The minimum absolute atomic E-state index is 0.0872. The molecule has 3 aromatic rings. The van der Waals surface area contributed by atoms with Crippen molar-refractivity contribution in [1.82, 2.24) is 25.5 Å². The summed E-state index contributed by atoms with van der Waals surface area (Å²) in [5.74, 6) is 1.58. The number of thiophene rings is 1. The second-order valence-corrected chi connectivity index (χ2v) is 7.86. The smallest absolute Gasteiger partial charge is 0.231 e. The van der Waals surface area contributed by atoms with Gasteiger partial charge in [-0.1, -0.05) is 23.9 Å². The summed E-state index contributed by atoms with van der Waals surface area (Å²) in [7, 11) is 0. The lowest BCUT2D eigenvalue weighted by molar-refractivity contribution is -0.119. The van der Waals surface area contributed by atoms with Gasteiger partial charge in [-0.15, -0.1) is 16.4 Å². The van der Waals surface area contributed by atoms with Gasteiger partial charge >= 0.3 is 0 Å². The molecule has 1 amide bonds. The summed E-state index contributed by atoms with van der Waals surface area (Å²) in [5, 5.41) is 17.3. The number of fused-ring (bicyclic) bond motifs is 1. The summed E-state index contributed by atoms with van der Waals surface area (Å²) in [5.41, 5.74) is 0.958. The van der Waals surface area contributed by atoms with Crippen molar-refractivity contribution in [3.63, 3.8) is 0 Å². The van der Waals surface area contributed by atoms with E-state index >= 15 is 0 Å². The quantitative estimate of drug-likeness (QED) is 0.606. The van der Waals surface area contributed by atoms with E-state index in [0.717, 1.165) is 16.2 Å². The molecule has 0 bridgehead atoms. The van der Waals surface area contributed by atoms with Crippen LogP contribution >= 0.6 is 23.1 Å². The molecule has 1 aliphatic heterocycles. The number of ether oxygens (including phenoxy) is 2. The predicted molar refractivity (Wildman–Crippen MR) is 101 cm³/mol. The van der Waals surface area contributed by atoms with E-state index in [4.69, 9.17) is 9.47 Å². The second kappa shape index (κ2) is 7.97. The van der Waals surface area contributed by atoms with Crippen molar-refractivity contribution in [3.05, 3.63) is 46.2 Å². The van der Waals surface area contributed by atoms with E-state index in [1.807, 2.05) is 42.6 Å². The molecule has 4 rings (SSSR count). The topological polar surface area (TPSA) is 91.2 Å². The number of benzene rings is 1. The maximum Gasteiger partial charge on any atom is 0.231 e. The summed E-state index contributed by atoms with van der Waals surface area (Å²) in [6.07, 6.45) is 0. The van der Waals surface area contributed by atoms with Crippen molar-refractivity contribution in [1.29, 1.82) is 0 Å². The monoisotopic (exact) mass is 403 g/mol. The molecular formula is C17H17N5O3S2. The molecule has 27 heavy (non-hydrogen) atoms. The zero-order valence-corrected chi connectivity index (χ0v) is 16.1. The number of nitrogens with one attached hydrogen (secondary N) is 1. The van der Waals surface area contributed by atoms with E-state index < -0.39 is 0 Å². The Kier molecular flexibility index (Phi) is 5.26. The van der Waals surface area contributed by atoms with Gasteiger partial charge in [0.1, 0.15) is 0 Å². The predicted octanol–water partition coefficient (Wildman–Crippen LogP) is 2.48. The molecule has 0 unspecified atom stereocenters. The zero-order valence-electron chi connectivity index (χ0n) is 14.5. The van der Waals surface area contributed by atoms with Gasteiger partial charge < -0.3 is 14.8 Å². The van der Waals surface area contributed by atoms with Gasteiger partial charge in [0.05, 0.1) is 18.3 Å². The highest BCUT2D eigenvalue weighted by molar-refractivity contribution is 7.99. The van der Waals surface area contributed by atoms with Gasteiger partial charge in [0.2, 0.25) is 17.9 Å². The van der Waals surface area contributed by atoms with Crippen LogP contribution in [0.5, 0.6) is 11.5 Å². The van der Waals surface area contributed by atoms with Crippen molar-refractivity contribution in [2.45, 2.75) is 24.7 Å². The average Bonchev–Trinajstić information content (AvgIpc) is 3.42. The summed E-state index contributed by atoms with van der Waals surface area (Å²) in [6, 6.07) is 9.54. The lowest BCUT2D eigenvalue weighted by atomic mass is 10.1. The van der Waals surface area contributed by atoms with Crippen LogP contribution in [0.3, 0.4) is 0 Å². The van der Waals surface area contributed by atoms with Crippen molar-refractivity contribution < 1.29 is 14.3 Å². The molecule has 0 aliphatic carbocycles. The molecule has 1 aliphatic rings. The normalized spacial score (nSPS) is 13.5. The van der Waals surface area contributed by atoms with Crippen LogP contribution in [0.25, 0.3) is 0 Å². The van der Waals surface area contributed by atoms with Crippen LogP contribution in [0.15, 0.2) is 40.9 Å². The van der Waals surface area contributed by atoms with Gasteiger partial charge in [-0.2, -0.15) is 0 Å². The number of nitrogens with zero attached hydrogens (tertiary/aromatic N) is 4. The largest absolute Gasteiger partial charge is 0.454 e. The number of tetrazole rings is 1. The van der Waals surface area contributed by atoms with Crippen LogP contribution in [0, 0.1) is 0 Å². The molecule has 2 aromatic heterocycles. The van der Waals surface area contributed by atoms with Crippen LogP contribution in [-0.4, -0.2) is 38.7 Å². The summed E-state index contributed by atoms with van der Waals surface area (Å²) < 4.78 is 12.4. The molecule has 10 heteroatoms. The number of hydrogen-bond acceptors (Lipinski definition) is 8. The highest BCUT2D eigenvalue weighted by Gasteiger charge is 2.17. The number of carbonyl (C=O) groups is 1. The molecule has 8 nitrogen and oxygen atoms in total. The third-order valence-corrected chi connectivity index (χ3v) is 5.81. The number of aromatic nitrogens is 4. The molecule has 1 atom stereocenters. The molecule has 0 fully saturated rings. The van der Waals surface area contributed by atoms with E-state index in [1.165, 1.54) is 11.8 Å². The SMILES string of the molecule is C[C@@H](NC(=O)CSc1nnnn1Cc1cccs1)c1ccc2c(c1)OCO2. The average molecular weight is 403 g/mol. The third kappa shape index (κ3) is 4.22. The first-order valence-electron chi connectivity index (χ1n) is 8.29. The number of hydrogen-bond donors (Lipinski definition) is 1. The maximum absolute atomic E-state index is 12.3. The molecule has 3 heterocycles. The Morgan fingerprint density at radius 3 is 3.11 bits per heavy atom. The van der Waals surface area contributed by atoms with E-state index in [-0.39, 0.29) is 24.5 Å². The Morgan fingerprint density at radius 2 is 2.26 bits per heavy atom. The Bertz CT molecular complexity index is 929. The summed E-state index contributed by atoms with van der Waals surface area (Å²) >= 11 is 2.96. The molecule has 0 spiro atoms. The Labute approximate surface area is 163 Å². The van der Waals surface area contributed by atoms with Crippen molar-refractivity contribution in [2.24, 2.45) is 0 Å². The van der Waals surface area contributed by atoms with Crippen LogP contribution in [0.4, 0.5) is 0 Å². The van der Waals surface area contributed by atoms with E-state index in [9.17, 15) is 4.79 Å². The lowest BCUT2D eigenvalue weighted by Crippen LogP contribution is -2.28. The van der Waals surface area contributed by atoms with Crippen molar-refractivity contribution in [3.8, 4) is 11.5 Å². The Hall–Kier alpha value is -2.59. The first-order chi connectivity index (χ1) is 13.2. The van der Waals surface area contributed by atoms with E-state index in [2.05, 4.69) is 20.8 Å². The fraction of sp³-hybridized carbons (Fsp3) is 0.294. The van der Waals surface area contributed by atoms with Gasteiger partial charge in [-0.3, -0.25) is 4.79 Å². The van der Waals surface area contributed by atoms with Gasteiger partial charge in [0.25, 0.3) is 0 Å². The van der Waals surface area contributed by atoms with Crippen molar-refractivity contribution >= 4 is 29.0 Å². The van der Waals surface area contributed by atoms with Gasteiger partial charge in [0, 0.05) is 4.88 Å². The van der Waals surface area contributed by atoms with Crippen LogP contribution in [0.1, 0.15) is 23.4 Å². The van der Waals surface area contributed by atoms with Crippen LogP contribution in [0.2, 0.25) is 0 Å². The molecule has 1 N–H and O–H groups in total. The van der Waals surface area contributed by atoms with Gasteiger partial charge in [-0.05, 0) is 46.5 Å². The Balaban J connectivity index is 1.32. The molecule has 0 radical (unpaired) electrons. The first kappa shape index (κ1) is 17.8. The number of rotatable bonds is 7. The summed E-state index contributed by atoms with van der Waals surface area (Å²) in [6.45, 7) is 2.76. The van der Waals surface area contributed by atoms with E-state index in [0.29, 0.717) is 17.5 Å². The van der Waals surface area contributed by atoms with Gasteiger partial charge in [-0.25, -0.2) is 4.68 Å². The second-order valence-electron chi connectivity index (χ2n) is 5.89. The molecule has 1 aromatic carbocycles. The van der Waals surface area contributed by atoms with Crippen LogP contribution in [-0.2, 0) is 11.3 Å². The molecule has 140 valence electrons. The number of carbonyl (C=O) groups excluding carboxylic acids is 1. The lowest BCUT2D eigenvalue weighted by Gasteiger charge is -2.14. The number of amides is 1. The first-order valence-corrected chi connectivity index (χ1v) is 10.2. The molecule has 0 saturated carbocycles. The standard InChI is InChI=1S/C17H17N5O3S2/c1-11(12-4-5-14-15(7-12)25-10-24-14)18-16(23)9-27-17-19-20-21-22(17)8-13-3-2-6-26-13/h2-7,11H,8-10H2,1H3,(H,18,23)/t11-/m1/s1. The van der Waals surface area contributed by atoms with Crippen molar-refractivity contribution in [2.75, 3.05) is 12.5 Å². The number of thioether (sulfide) groups is 1. The fourth-order valence-corrected chi connectivity index (χ4v) is 4.00. The zero-order chi connectivity index (χ0) is 18.6. The van der Waals surface area contributed by atoms with Crippen LogP contribution < -0.4 is 14.8 Å².